The molecule has 1 heterocycles. The van der Waals surface area contributed by atoms with E-state index < -0.39 is 8.32 Å². The molecule has 0 aliphatic carbocycles. The predicted molar refractivity (Wildman–Crippen MR) is 93.0 cm³/mol. The van der Waals surface area contributed by atoms with Gasteiger partial charge in [-0.25, -0.2) is 0 Å². The van der Waals surface area contributed by atoms with E-state index in [0.29, 0.717) is 6.42 Å². The van der Waals surface area contributed by atoms with Gasteiger partial charge >= 0.3 is 0 Å². The Bertz CT molecular complexity index is 552. The molecule has 1 aromatic rings. The average Bonchev–Trinajstić information content (AvgIpc) is 2.46. The number of carbonyl (C=O) groups excluding carboxylic acids is 1. The largest absolute Gasteiger partial charge is 0.410 e. The molecule has 1 N–H and O–H groups in total. The van der Waals surface area contributed by atoms with Crippen LogP contribution < -0.4 is 5.32 Å². The Hall–Kier alpha value is -0.653. The summed E-state index contributed by atoms with van der Waals surface area (Å²) in [4.78, 5) is 11.9. The first-order valence-corrected chi connectivity index (χ1v) is 11.1. The highest BCUT2D eigenvalue weighted by molar-refractivity contribution is 9.10. The molecular formula is C16H24BrNO2Si. The summed E-state index contributed by atoms with van der Waals surface area (Å²) in [5, 5.41) is 3.14. The summed E-state index contributed by atoms with van der Waals surface area (Å²) in [7, 11) is -1.87. The van der Waals surface area contributed by atoms with E-state index in [1.54, 1.807) is 0 Å². The molecule has 0 spiro atoms. The highest BCUT2D eigenvalue weighted by Crippen LogP contribution is 2.43. The van der Waals surface area contributed by atoms with Gasteiger partial charge in [-0.3, -0.25) is 4.79 Å². The van der Waals surface area contributed by atoms with Crippen molar-refractivity contribution in [2.24, 2.45) is 0 Å². The molecule has 1 amide bonds. The van der Waals surface area contributed by atoms with Gasteiger partial charge in [0, 0.05) is 22.1 Å². The summed E-state index contributed by atoms with van der Waals surface area (Å²) < 4.78 is 7.54. The summed E-state index contributed by atoms with van der Waals surface area (Å²) in [6.07, 6.45) is 1.24. The smallest absolute Gasteiger partial charge is 0.224 e. The molecule has 21 heavy (non-hydrogen) atoms. The van der Waals surface area contributed by atoms with Gasteiger partial charge in [-0.15, -0.1) is 0 Å². The SMILES string of the molecule is CC(C)(C)[Si](C)(C)OC1CCC(=O)Nc2cc(Br)ccc21. The van der Waals surface area contributed by atoms with E-state index in [1.165, 1.54) is 0 Å². The molecule has 0 fully saturated rings. The average molecular weight is 370 g/mol. The zero-order valence-electron chi connectivity index (χ0n) is 13.4. The van der Waals surface area contributed by atoms with Gasteiger partial charge < -0.3 is 9.74 Å². The van der Waals surface area contributed by atoms with Crippen LogP contribution in [0.3, 0.4) is 0 Å². The number of carbonyl (C=O) groups is 1. The number of hydrogen-bond donors (Lipinski definition) is 1. The summed E-state index contributed by atoms with van der Waals surface area (Å²) in [6.45, 7) is 11.2. The third kappa shape index (κ3) is 3.76. The van der Waals surface area contributed by atoms with Crippen LogP contribution >= 0.6 is 15.9 Å². The van der Waals surface area contributed by atoms with Gasteiger partial charge in [0.15, 0.2) is 8.32 Å². The lowest BCUT2D eigenvalue weighted by Gasteiger charge is -2.39. The summed E-state index contributed by atoms with van der Waals surface area (Å²) in [5.74, 6) is 0.0654. The molecule has 3 nitrogen and oxygen atoms in total. The first kappa shape index (κ1) is 16.7. The molecule has 1 aliphatic heterocycles. The zero-order valence-corrected chi connectivity index (χ0v) is 16.0. The predicted octanol–water partition coefficient (Wildman–Crippen LogP) is 5.24. The van der Waals surface area contributed by atoms with Crippen LogP contribution in [0.4, 0.5) is 5.69 Å². The quantitative estimate of drug-likeness (QED) is 0.723. The van der Waals surface area contributed by atoms with Crippen LogP contribution in [0.5, 0.6) is 0 Å². The Labute approximate surface area is 136 Å². The summed E-state index contributed by atoms with van der Waals surface area (Å²) in [6, 6.07) is 6.03. The van der Waals surface area contributed by atoms with Gasteiger partial charge in [0.2, 0.25) is 5.91 Å². The van der Waals surface area contributed by atoms with Crippen molar-refractivity contribution in [1.29, 1.82) is 0 Å². The fraction of sp³-hybridized carbons (Fsp3) is 0.562. The Balaban J connectivity index is 2.35. The molecule has 1 aliphatic rings. The summed E-state index contributed by atoms with van der Waals surface area (Å²) in [5.41, 5.74) is 1.96. The number of nitrogens with one attached hydrogen (secondary N) is 1. The Morgan fingerprint density at radius 3 is 2.62 bits per heavy atom. The molecule has 5 heteroatoms. The highest BCUT2D eigenvalue weighted by atomic mass is 79.9. The molecular weight excluding hydrogens is 346 g/mol. The number of fused-ring (bicyclic) bond motifs is 1. The Morgan fingerprint density at radius 1 is 1.33 bits per heavy atom. The van der Waals surface area contributed by atoms with Crippen molar-refractivity contribution in [2.45, 2.75) is 57.8 Å². The maximum Gasteiger partial charge on any atom is 0.224 e. The van der Waals surface area contributed by atoms with E-state index in [0.717, 1.165) is 22.1 Å². The minimum absolute atomic E-state index is 0.00654. The van der Waals surface area contributed by atoms with E-state index in [1.807, 2.05) is 12.1 Å². The Morgan fingerprint density at radius 2 is 2.00 bits per heavy atom. The lowest BCUT2D eigenvalue weighted by atomic mass is 10.1. The van der Waals surface area contributed by atoms with Gasteiger partial charge in [-0.2, -0.15) is 0 Å². The van der Waals surface area contributed by atoms with Crippen LogP contribution in [0.1, 0.15) is 45.3 Å². The molecule has 1 atom stereocenters. The van der Waals surface area contributed by atoms with Crippen molar-refractivity contribution in [3.05, 3.63) is 28.2 Å². The van der Waals surface area contributed by atoms with Crippen LogP contribution in [-0.4, -0.2) is 14.2 Å². The lowest BCUT2D eigenvalue weighted by molar-refractivity contribution is -0.116. The Kier molecular flexibility index (Phi) is 4.66. The zero-order chi connectivity index (χ0) is 15.8. The van der Waals surface area contributed by atoms with Crippen LogP contribution in [0.15, 0.2) is 22.7 Å². The van der Waals surface area contributed by atoms with Crippen LogP contribution in [0.2, 0.25) is 18.1 Å². The maximum atomic E-state index is 11.9. The number of halogens is 1. The lowest BCUT2D eigenvalue weighted by Crippen LogP contribution is -2.41. The third-order valence-corrected chi connectivity index (χ3v) is 9.49. The monoisotopic (exact) mass is 369 g/mol. The van der Waals surface area contributed by atoms with Gasteiger partial charge in [0.25, 0.3) is 0 Å². The van der Waals surface area contributed by atoms with Crippen LogP contribution in [0, 0.1) is 0 Å². The topological polar surface area (TPSA) is 38.3 Å². The molecule has 0 saturated heterocycles. The normalized spacial score (nSPS) is 19.7. The molecule has 0 radical (unpaired) electrons. The first-order valence-electron chi connectivity index (χ1n) is 7.37. The van der Waals surface area contributed by atoms with Crippen LogP contribution in [-0.2, 0) is 9.22 Å². The maximum absolute atomic E-state index is 11.9. The van der Waals surface area contributed by atoms with Crippen molar-refractivity contribution in [3.63, 3.8) is 0 Å². The minimum Gasteiger partial charge on any atom is -0.410 e. The number of rotatable bonds is 2. The van der Waals surface area contributed by atoms with Crippen molar-refractivity contribution in [2.75, 3.05) is 5.32 Å². The molecule has 1 unspecified atom stereocenters. The van der Waals surface area contributed by atoms with Gasteiger partial charge in [0.05, 0.1) is 6.10 Å². The molecule has 0 saturated carbocycles. The van der Waals surface area contributed by atoms with E-state index in [4.69, 9.17) is 4.43 Å². The van der Waals surface area contributed by atoms with Crippen molar-refractivity contribution >= 4 is 35.8 Å². The number of amides is 1. The highest BCUT2D eigenvalue weighted by Gasteiger charge is 2.40. The second kappa shape index (κ2) is 5.86. The third-order valence-electron chi connectivity index (χ3n) is 4.51. The van der Waals surface area contributed by atoms with Crippen molar-refractivity contribution in [3.8, 4) is 0 Å². The fourth-order valence-corrected chi connectivity index (χ4v) is 3.87. The molecule has 116 valence electrons. The number of benzene rings is 1. The van der Waals surface area contributed by atoms with E-state index in [9.17, 15) is 4.79 Å². The van der Waals surface area contributed by atoms with Crippen molar-refractivity contribution < 1.29 is 9.22 Å². The van der Waals surface area contributed by atoms with Gasteiger partial charge in [-0.05, 0) is 36.7 Å². The second-order valence-electron chi connectivity index (χ2n) is 7.19. The second-order valence-corrected chi connectivity index (χ2v) is 12.9. The standard InChI is InChI=1S/C16H24BrNO2Si/c1-16(2,3)21(4,5)20-14-8-9-15(19)18-13-10-11(17)6-7-12(13)14/h6-7,10,14H,8-9H2,1-5H3,(H,18,19). The molecule has 2 rings (SSSR count). The fourth-order valence-electron chi connectivity index (χ4n) is 2.20. The van der Waals surface area contributed by atoms with E-state index in [2.05, 4.69) is 61.2 Å². The van der Waals surface area contributed by atoms with Crippen LogP contribution in [0.25, 0.3) is 0 Å². The summed E-state index contributed by atoms with van der Waals surface area (Å²) >= 11 is 3.47. The van der Waals surface area contributed by atoms with Crippen molar-refractivity contribution in [1.82, 2.24) is 0 Å². The van der Waals surface area contributed by atoms with Gasteiger partial charge in [-0.1, -0.05) is 42.8 Å². The first-order chi connectivity index (χ1) is 9.60. The minimum atomic E-state index is -1.87. The van der Waals surface area contributed by atoms with E-state index in [-0.39, 0.29) is 17.0 Å². The number of anilines is 1. The number of hydrogen-bond acceptors (Lipinski definition) is 2. The van der Waals surface area contributed by atoms with Gasteiger partial charge in [0.1, 0.15) is 0 Å². The molecule has 0 aromatic heterocycles. The van der Waals surface area contributed by atoms with E-state index >= 15 is 0 Å². The molecule has 1 aromatic carbocycles. The molecule has 0 bridgehead atoms.